The second kappa shape index (κ2) is 5.06. The molecule has 2 aromatic rings. The van der Waals surface area contributed by atoms with Crippen LogP contribution in [0.1, 0.15) is 23.6 Å². The van der Waals surface area contributed by atoms with Crippen LogP contribution in [-0.4, -0.2) is 0 Å². The Morgan fingerprint density at radius 1 is 1.06 bits per heavy atom. The molecule has 2 aromatic carbocycles. The topological polar surface area (TPSA) is 12.0 Å². The molecule has 3 rings (SSSR count). The zero-order valence-corrected chi connectivity index (χ0v) is 13.0. The van der Waals surface area contributed by atoms with Gasteiger partial charge >= 0.3 is 0 Å². The van der Waals surface area contributed by atoms with E-state index in [9.17, 15) is 0 Å². The third kappa shape index (κ3) is 2.34. The van der Waals surface area contributed by atoms with Gasteiger partial charge in [0.2, 0.25) is 0 Å². The summed E-state index contributed by atoms with van der Waals surface area (Å²) in [6, 6.07) is 15.4. The van der Waals surface area contributed by atoms with E-state index in [1.165, 1.54) is 16.8 Å². The molecule has 0 bridgehead atoms. The van der Waals surface area contributed by atoms with Gasteiger partial charge in [0.25, 0.3) is 0 Å². The molecule has 0 aromatic heterocycles. The van der Waals surface area contributed by atoms with Gasteiger partial charge in [0.15, 0.2) is 0 Å². The first-order chi connectivity index (χ1) is 8.74. The van der Waals surface area contributed by atoms with Crippen LogP contribution in [0.15, 0.2) is 51.4 Å². The lowest BCUT2D eigenvalue weighted by molar-refractivity contribution is 0.666. The number of halogens is 2. The predicted molar refractivity (Wildman–Crippen MR) is 83.0 cm³/mol. The lowest BCUT2D eigenvalue weighted by Crippen LogP contribution is -2.18. The van der Waals surface area contributed by atoms with E-state index in [-0.39, 0.29) is 0 Å². The maximum absolute atomic E-state index is 3.64. The summed E-state index contributed by atoms with van der Waals surface area (Å²) in [5, 5.41) is 3.64. The second-order valence-electron chi connectivity index (χ2n) is 4.57. The van der Waals surface area contributed by atoms with Crippen molar-refractivity contribution in [3.63, 3.8) is 0 Å². The maximum atomic E-state index is 3.64. The van der Waals surface area contributed by atoms with Crippen molar-refractivity contribution in [1.82, 2.24) is 0 Å². The molecule has 1 aliphatic heterocycles. The summed E-state index contributed by atoms with van der Waals surface area (Å²) in [4.78, 5) is 0. The molecule has 92 valence electrons. The first-order valence-corrected chi connectivity index (χ1v) is 7.62. The van der Waals surface area contributed by atoms with Crippen molar-refractivity contribution in [2.24, 2.45) is 0 Å². The fourth-order valence-corrected chi connectivity index (χ4v) is 3.90. The molecule has 0 fully saturated rings. The molecule has 0 saturated heterocycles. The largest absolute Gasteiger partial charge is 0.377 e. The zero-order valence-electron chi connectivity index (χ0n) is 9.79. The van der Waals surface area contributed by atoms with Crippen molar-refractivity contribution in [2.45, 2.75) is 18.9 Å². The van der Waals surface area contributed by atoms with Gasteiger partial charge in [-0.3, -0.25) is 0 Å². The van der Waals surface area contributed by atoms with Crippen LogP contribution in [0.3, 0.4) is 0 Å². The quantitative estimate of drug-likeness (QED) is 0.720. The Hall–Kier alpha value is -0.800. The number of aryl methyl sites for hydroxylation is 1. The van der Waals surface area contributed by atoms with Crippen LogP contribution in [0.5, 0.6) is 0 Å². The van der Waals surface area contributed by atoms with Crippen LogP contribution >= 0.6 is 31.9 Å². The van der Waals surface area contributed by atoms with Crippen LogP contribution in [0.2, 0.25) is 0 Å². The summed E-state index contributed by atoms with van der Waals surface area (Å²) >= 11 is 7.18. The summed E-state index contributed by atoms with van der Waals surface area (Å²) in [5.41, 5.74) is 3.97. The summed E-state index contributed by atoms with van der Waals surface area (Å²) in [5.74, 6) is 0. The third-order valence-electron chi connectivity index (χ3n) is 3.36. The smallest absolute Gasteiger partial charge is 0.0522 e. The van der Waals surface area contributed by atoms with Crippen molar-refractivity contribution in [2.75, 3.05) is 5.32 Å². The van der Waals surface area contributed by atoms with Gasteiger partial charge in [-0.25, -0.2) is 0 Å². The van der Waals surface area contributed by atoms with E-state index in [1.807, 2.05) is 0 Å². The van der Waals surface area contributed by atoms with Gasteiger partial charge in [0.1, 0.15) is 0 Å². The standard InChI is InChI=1S/C15H13Br2N/c16-12-8-11-6-7-14(10-4-2-1-3-5-10)18-15(11)13(17)9-12/h1-5,8-9,14,18H,6-7H2. The maximum Gasteiger partial charge on any atom is 0.0522 e. The van der Waals surface area contributed by atoms with Gasteiger partial charge in [0, 0.05) is 8.95 Å². The van der Waals surface area contributed by atoms with E-state index < -0.39 is 0 Å². The van der Waals surface area contributed by atoms with E-state index in [0.717, 1.165) is 21.8 Å². The minimum absolute atomic E-state index is 0.413. The monoisotopic (exact) mass is 365 g/mol. The van der Waals surface area contributed by atoms with Crippen LogP contribution in [0.4, 0.5) is 5.69 Å². The fourth-order valence-electron chi connectivity index (χ4n) is 2.47. The molecule has 1 heterocycles. The molecule has 18 heavy (non-hydrogen) atoms. The fraction of sp³-hybridized carbons (Fsp3) is 0.200. The number of nitrogens with one attached hydrogen (secondary N) is 1. The van der Waals surface area contributed by atoms with E-state index in [4.69, 9.17) is 0 Å². The molecular weight excluding hydrogens is 354 g/mol. The lowest BCUT2D eigenvalue weighted by atomic mass is 9.93. The highest BCUT2D eigenvalue weighted by molar-refractivity contribution is 9.11. The molecule has 1 N–H and O–H groups in total. The highest BCUT2D eigenvalue weighted by atomic mass is 79.9. The molecule has 0 amide bonds. The van der Waals surface area contributed by atoms with Gasteiger partial charge in [0.05, 0.1) is 11.7 Å². The Balaban J connectivity index is 1.94. The third-order valence-corrected chi connectivity index (χ3v) is 4.44. The number of hydrogen-bond acceptors (Lipinski definition) is 1. The summed E-state index contributed by atoms with van der Waals surface area (Å²) in [6.07, 6.45) is 2.25. The summed E-state index contributed by atoms with van der Waals surface area (Å²) < 4.78 is 2.26. The minimum atomic E-state index is 0.413. The molecule has 3 heteroatoms. The first kappa shape index (κ1) is 12.2. The molecular formula is C15H13Br2N. The van der Waals surface area contributed by atoms with Crippen LogP contribution in [0.25, 0.3) is 0 Å². The highest BCUT2D eigenvalue weighted by Gasteiger charge is 2.21. The Labute approximate surface area is 124 Å². The average Bonchev–Trinajstić information content (AvgIpc) is 2.39. The number of anilines is 1. The molecule has 1 aliphatic rings. The summed E-state index contributed by atoms with van der Waals surface area (Å²) in [7, 11) is 0. The molecule has 0 radical (unpaired) electrons. The Kier molecular flexibility index (Phi) is 3.44. The van der Waals surface area contributed by atoms with Crippen molar-refractivity contribution < 1.29 is 0 Å². The van der Waals surface area contributed by atoms with E-state index >= 15 is 0 Å². The Morgan fingerprint density at radius 3 is 2.61 bits per heavy atom. The van der Waals surface area contributed by atoms with Crippen molar-refractivity contribution in [3.8, 4) is 0 Å². The molecule has 0 aliphatic carbocycles. The van der Waals surface area contributed by atoms with Crippen LogP contribution < -0.4 is 5.32 Å². The number of benzene rings is 2. The minimum Gasteiger partial charge on any atom is -0.377 e. The molecule has 1 atom stereocenters. The molecule has 0 saturated carbocycles. The van der Waals surface area contributed by atoms with Gasteiger partial charge in [-0.1, -0.05) is 46.3 Å². The molecule has 1 unspecified atom stereocenters. The average molecular weight is 367 g/mol. The number of rotatable bonds is 1. The van der Waals surface area contributed by atoms with Crippen molar-refractivity contribution >= 4 is 37.5 Å². The van der Waals surface area contributed by atoms with E-state index in [1.54, 1.807) is 0 Å². The van der Waals surface area contributed by atoms with Gasteiger partial charge < -0.3 is 5.32 Å². The Morgan fingerprint density at radius 2 is 1.83 bits per heavy atom. The SMILES string of the molecule is Brc1cc(Br)c2c(c1)CCC(c1ccccc1)N2. The van der Waals surface area contributed by atoms with Crippen LogP contribution in [0, 0.1) is 0 Å². The summed E-state index contributed by atoms with van der Waals surface area (Å²) in [6.45, 7) is 0. The van der Waals surface area contributed by atoms with Gasteiger partial charge in [-0.15, -0.1) is 0 Å². The number of fused-ring (bicyclic) bond motifs is 1. The van der Waals surface area contributed by atoms with Crippen molar-refractivity contribution in [1.29, 1.82) is 0 Å². The predicted octanol–water partition coefficient (Wildman–Crippen LogP) is 5.31. The van der Waals surface area contributed by atoms with Crippen molar-refractivity contribution in [3.05, 3.63) is 62.5 Å². The molecule has 1 nitrogen and oxygen atoms in total. The van der Waals surface area contributed by atoms with Crippen LogP contribution in [-0.2, 0) is 6.42 Å². The first-order valence-electron chi connectivity index (χ1n) is 6.03. The normalized spacial score (nSPS) is 18.0. The molecule has 0 spiro atoms. The van der Waals surface area contributed by atoms with E-state index in [2.05, 4.69) is 79.6 Å². The Bertz CT molecular complexity index is 566. The second-order valence-corrected chi connectivity index (χ2v) is 6.34. The number of hydrogen-bond donors (Lipinski definition) is 1. The van der Waals surface area contributed by atoms with Gasteiger partial charge in [-0.2, -0.15) is 0 Å². The highest BCUT2D eigenvalue weighted by Crippen LogP contribution is 2.39. The van der Waals surface area contributed by atoms with E-state index in [0.29, 0.717) is 6.04 Å². The lowest BCUT2D eigenvalue weighted by Gasteiger charge is -2.28. The zero-order chi connectivity index (χ0) is 12.5. The van der Waals surface area contributed by atoms with Gasteiger partial charge in [-0.05, 0) is 52.0 Å².